The van der Waals surface area contributed by atoms with Gasteiger partial charge in [0.1, 0.15) is 5.82 Å². The number of amides is 1. The molecule has 0 aliphatic carbocycles. The van der Waals surface area contributed by atoms with Gasteiger partial charge in [0.25, 0.3) is 0 Å². The molecule has 0 unspecified atom stereocenters. The molecule has 0 atom stereocenters. The lowest BCUT2D eigenvalue weighted by atomic mass is 10.1. The monoisotopic (exact) mass is 366 g/mol. The summed E-state index contributed by atoms with van der Waals surface area (Å²) in [6, 6.07) is 5.67. The summed E-state index contributed by atoms with van der Waals surface area (Å²) in [4.78, 5) is 26.7. The first-order valence-electron chi connectivity index (χ1n) is 8.98. The standard InChI is InChI=1S/C19H22N6O2/c1-13-5-8-21-25(13)10-7-18(26)24-9-6-15-16(12-24)23-19(22-15)14-3-4-17(27-2)20-11-14/h3-5,8,11H,6-7,9-10,12H2,1-2H3,(H,22,23). The molecule has 0 spiro atoms. The maximum Gasteiger partial charge on any atom is 0.224 e. The number of methoxy groups -OCH3 is 1. The number of fused-ring (bicyclic) bond motifs is 1. The fourth-order valence-electron chi connectivity index (χ4n) is 3.28. The van der Waals surface area contributed by atoms with Crippen molar-refractivity contribution in [3.05, 3.63) is 47.7 Å². The molecule has 27 heavy (non-hydrogen) atoms. The SMILES string of the molecule is COc1ccc(-c2nc3c([nH]2)CN(C(=O)CCn2nccc2C)CC3)cn1. The number of nitrogens with one attached hydrogen (secondary N) is 1. The van der Waals surface area contributed by atoms with Crippen molar-refractivity contribution in [2.75, 3.05) is 13.7 Å². The first kappa shape index (κ1) is 17.3. The van der Waals surface area contributed by atoms with Crippen LogP contribution in [-0.4, -0.2) is 49.2 Å². The average Bonchev–Trinajstić information content (AvgIpc) is 3.31. The molecular formula is C19H22N6O2. The third-order valence-electron chi connectivity index (χ3n) is 4.87. The molecule has 3 aromatic rings. The molecule has 8 nitrogen and oxygen atoms in total. The van der Waals surface area contributed by atoms with E-state index in [0.717, 1.165) is 34.9 Å². The third-order valence-corrected chi connectivity index (χ3v) is 4.87. The van der Waals surface area contributed by atoms with Crippen LogP contribution in [0.4, 0.5) is 0 Å². The summed E-state index contributed by atoms with van der Waals surface area (Å²) in [5, 5.41) is 4.23. The highest BCUT2D eigenvalue weighted by atomic mass is 16.5. The highest BCUT2D eigenvalue weighted by Gasteiger charge is 2.24. The molecule has 140 valence electrons. The molecule has 8 heteroatoms. The van der Waals surface area contributed by atoms with Gasteiger partial charge >= 0.3 is 0 Å². The predicted octanol–water partition coefficient (Wildman–Crippen LogP) is 1.96. The zero-order valence-electron chi connectivity index (χ0n) is 15.5. The number of H-pyrrole nitrogens is 1. The largest absolute Gasteiger partial charge is 0.481 e. The zero-order chi connectivity index (χ0) is 18.8. The Labute approximate surface area is 157 Å². The lowest BCUT2D eigenvalue weighted by molar-refractivity contribution is -0.132. The third kappa shape index (κ3) is 3.55. The lowest BCUT2D eigenvalue weighted by Gasteiger charge is -2.26. The van der Waals surface area contributed by atoms with Crippen molar-refractivity contribution >= 4 is 5.91 Å². The Morgan fingerprint density at radius 2 is 2.22 bits per heavy atom. The molecule has 1 N–H and O–H groups in total. The molecule has 1 aliphatic rings. The van der Waals surface area contributed by atoms with Crippen LogP contribution in [0.3, 0.4) is 0 Å². The van der Waals surface area contributed by atoms with Gasteiger partial charge in [-0.1, -0.05) is 0 Å². The van der Waals surface area contributed by atoms with Crippen LogP contribution in [0.25, 0.3) is 11.4 Å². The van der Waals surface area contributed by atoms with Gasteiger partial charge < -0.3 is 14.6 Å². The van der Waals surface area contributed by atoms with E-state index >= 15 is 0 Å². The summed E-state index contributed by atoms with van der Waals surface area (Å²) in [5.74, 6) is 1.48. The molecule has 1 amide bonds. The first-order valence-corrected chi connectivity index (χ1v) is 8.98. The molecule has 0 saturated heterocycles. The van der Waals surface area contributed by atoms with Crippen LogP contribution < -0.4 is 4.74 Å². The van der Waals surface area contributed by atoms with Crippen LogP contribution >= 0.6 is 0 Å². The number of aromatic nitrogens is 5. The van der Waals surface area contributed by atoms with E-state index in [9.17, 15) is 4.79 Å². The Morgan fingerprint density at radius 1 is 1.33 bits per heavy atom. The summed E-state index contributed by atoms with van der Waals surface area (Å²) in [6.07, 6.45) is 4.69. The Hall–Kier alpha value is -3.16. The number of hydrogen-bond acceptors (Lipinski definition) is 5. The molecule has 4 rings (SSSR count). The Morgan fingerprint density at radius 3 is 2.93 bits per heavy atom. The number of carbonyl (C=O) groups excluding carboxylic acids is 1. The summed E-state index contributed by atoms with van der Waals surface area (Å²) in [6.45, 7) is 3.84. The van der Waals surface area contributed by atoms with Gasteiger partial charge in [-0.25, -0.2) is 9.97 Å². The van der Waals surface area contributed by atoms with Gasteiger partial charge in [-0.2, -0.15) is 5.10 Å². The van der Waals surface area contributed by atoms with Crippen LogP contribution in [0.1, 0.15) is 23.5 Å². The summed E-state index contributed by atoms with van der Waals surface area (Å²) >= 11 is 0. The van der Waals surface area contributed by atoms with Gasteiger partial charge in [0.15, 0.2) is 0 Å². The van der Waals surface area contributed by atoms with E-state index in [1.54, 1.807) is 19.5 Å². The molecule has 4 heterocycles. The molecule has 0 saturated carbocycles. The second-order valence-corrected chi connectivity index (χ2v) is 6.61. The maximum absolute atomic E-state index is 12.6. The second-order valence-electron chi connectivity index (χ2n) is 6.61. The molecule has 0 bridgehead atoms. The highest BCUT2D eigenvalue weighted by Crippen LogP contribution is 2.23. The van der Waals surface area contributed by atoms with Crippen molar-refractivity contribution in [1.82, 2.24) is 29.6 Å². The quantitative estimate of drug-likeness (QED) is 0.746. The molecule has 0 aromatic carbocycles. The van der Waals surface area contributed by atoms with E-state index in [1.807, 2.05) is 34.7 Å². The number of rotatable bonds is 5. The first-order chi connectivity index (χ1) is 13.1. The number of hydrogen-bond donors (Lipinski definition) is 1. The predicted molar refractivity (Wildman–Crippen MR) is 99.1 cm³/mol. The van der Waals surface area contributed by atoms with Crippen molar-refractivity contribution < 1.29 is 9.53 Å². The average molecular weight is 366 g/mol. The van der Waals surface area contributed by atoms with Crippen LogP contribution in [0.5, 0.6) is 5.88 Å². The van der Waals surface area contributed by atoms with Gasteiger partial charge in [-0.3, -0.25) is 9.48 Å². The second kappa shape index (κ2) is 7.22. The normalized spacial score (nSPS) is 13.5. The maximum atomic E-state index is 12.6. The van der Waals surface area contributed by atoms with Crippen LogP contribution in [0.15, 0.2) is 30.6 Å². The summed E-state index contributed by atoms with van der Waals surface area (Å²) < 4.78 is 6.95. The number of ether oxygens (including phenoxy) is 1. The van der Waals surface area contributed by atoms with Crippen LogP contribution in [-0.2, 0) is 24.3 Å². The van der Waals surface area contributed by atoms with E-state index < -0.39 is 0 Å². The summed E-state index contributed by atoms with van der Waals surface area (Å²) in [5.41, 5.74) is 3.98. The molecule has 1 aliphatic heterocycles. The number of imidazole rings is 1. The minimum atomic E-state index is 0.137. The zero-order valence-corrected chi connectivity index (χ0v) is 15.5. The van der Waals surface area contributed by atoms with Crippen LogP contribution in [0.2, 0.25) is 0 Å². The molecule has 0 fully saturated rings. The fourth-order valence-corrected chi connectivity index (χ4v) is 3.28. The van der Waals surface area contributed by atoms with E-state index in [-0.39, 0.29) is 5.91 Å². The van der Waals surface area contributed by atoms with Gasteiger partial charge in [-0.15, -0.1) is 0 Å². The van der Waals surface area contributed by atoms with Crippen molar-refractivity contribution in [2.45, 2.75) is 32.9 Å². The lowest BCUT2D eigenvalue weighted by Crippen LogP contribution is -2.36. The van der Waals surface area contributed by atoms with Crippen molar-refractivity contribution in [3.8, 4) is 17.3 Å². The Kier molecular flexibility index (Phi) is 4.62. The molecule has 0 radical (unpaired) electrons. The highest BCUT2D eigenvalue weighted by molar-refractivity contribution is 5.76. The number of aryl methyl sites for hydroxylation is 2. The van der Waals surface area contributed by atoms with Crippen molar-refractivity contribution in [3.63, 3.8) is 0 Å². The van der Waals surface area contributed by atoms with E-state index in [1.165, 1.54) is 0 Å². The summed E-state index contributed by atoms with van der Waals surface area (Å²) in [7, 11) is 1.59. The van der Waals surface area contributed by atoms with Gasteiger partial charge in [0.05, 0.1) is 25.0 Å². The van der Waals surface area contributed by atoms with Crippen molar-refractivity contribution in [2.24, 2.45) is 0 Å². The van der Waals surface area contributed by atoms with Gasteiger partial charge in [-0.05, 0) is 19.1 Å². The van der Waals surface area contributed by atoms with Crippen LogP contribution in [0, 0.1) is 6.92 Å². The number of aromatic amines is 1. The van der Waals surface area contributed by atoms with E-state index in [2.05, 4.69) is 20.1 Å². The Balaban J connectivity index is 1.42. The minimum absolute atomic E-state index is 0.137. The van der Waals surface area contributed by atoms with Crippen molar-refractivity contribution in [1.29, 1.82) is 0 Å². The number of pyridine rings is 1. The topological polar surface area (TPSA) is 88.9 Å². The van der Waals surface area contributed by atoms with Gasteiger partial charge in [0.2, 0.25) is 11.8 Å². The Bertz CT molecular complexity index is 944. The van der Waals surface area contributed by atoms with E-state index in [0.29, 0.717) is 31.9 Å². The number of nitrogens with zero attached hydrogens (tertiary/aromatic N) is 5. The number of carbonyl (C=O) groups is 1. The smallest absolute Gasteiger partial charge is 0.224 e. The molecule has 3 aromatic heterocycles. The van der Waals surface area contributed by atoms with E-state index in [4.69, 9.17) is 4.74 Å². The fraction of sp³-hybridized carbons (Fsp3) is 0.368. The minimum Gasteiger partial charge on any atom is -0.481 e. The van der Waals surface area contributed by atoms with Gasteiger partial charge in [0, 0.05) is 55.6 Å². The molecular weight excluding hydrogens is 344 g/mol.